The summed E-state index contributed by atoms with van der Waals surface area (Å²) >= 11 is 0. The average Bonchev–Trinajstić information content (AvgIpc) is 2.98. The molecule has 1 amide bonds. The van der Waals surface area contributed by atoms with Crippen LogP contribution in [0.5, 0.6) is 0 Å². The first-order valence-electron chi connectivity index (χ1n) is 7.14. The third kappa shape index (κ3) is 2.81. The second-order valence-corrected chi connectivity index (χ2v) is 5.93. The van der Waals surface area contributed by atoms with Crippen LogP contribution in [0, 0.1) is 12.8 Å². The molecule has 1 saturated carbocycles. The van der Waals surface area contributed by atoms with Gasteiger partial charge in [0.25, 0.3) is 0 Å². The highest BCUT2D eigenvalue weighted by atomic mass is 16.5. The Morgan fingerprint density at radius 1 is 1.37 bits per heavy atom. The van der Waals surface area contributed by atoms with Crippen molar-refractivity contribution in [1.82, 2.24) is 5.32 Å². The number of aryl methyl sites for hydroxylation is 1. The molecule has 0 aromatic heterocycles. The van der Waals surface area contributed by atoms with Crippen molar-refractivity contribution in [2.75, 3.05) is 13.2 Å². The Morgan fingerprint density at radius 2 is 2.11 bits per heavy atom. The molecule has 1 N–H and O–H groups in total. The Morgan fingerprint density at radius 3 is 2.68 bits per heavy atom. The van der Waals surface area contributed by atoms with E-state index in [0.717, 1.165) is 32.5 Å². The summed E-state index contributed by atoms with van der Waals surface area (Å²) in [6.45, 7) is 3.63. The summed E-state index contributed by atoms with van der Waals surface area (Å²) in [4.78, 5) is 12.1. The van der Waals surface area contributed by atoms with Gasteiger partial charge in [0.05, 0.1) is 5.54 Å². The average molecular weight is 259 g/mol. The predicted octanol–water partition coefficient (Wildman–Crippen LogP) is 2.53. The van der Waals surface area contributed by atoms with Gasteiger partial charge in [-0.2, -0.15) is 0 Å². The van der Waals surface area contributed by atoms with E-state index in [2.05, 4.69) is 36.5 Å². The Hall–Kier alpha value is -1.35. The highest BCUT2D eigenvalue weighted by molar-refractivity contribution is 5.78. The van der Waals surface area contributed by atoms with Gasteiger partial charge in [0.1, 0.15) is 0 Å². The lowest BCUT2D eigenvalue weighted by atomic mass is 10.0. The van der Waals surface area contributed by atoms with Gasteiger partial charge in [-0.15, -0.1) is 0 Å². The molecule has 0 radical (unpaired) electrons. The van der Waals surface area contributed by atoms with E-state index in [1.807, 2.05) is 0 Å². The van der Waals surface area contributed by atoms with Crippen LogP contribution < -0.4 is 5.32 Å². The van der Waals surface area contributed by atoms with Crippen molar-refractivity contribution in [2.24, 2.45) is 5.92 Å². The molecule has 3 rings (SSSR count). The molecule has 1 aromatic carbocycles. The fourth-order valence-electron chi connectivity index (χ4n) is 2.81. The fraction of sp³-hybridized carbons (Fsp3) is 0.562. The van der Waals surface area contributed by atoms with E-state index in [-0.39, 0.29) is 11.4 Å². The molecule has 1 saturated heterocycles. The Bertz CT molecular complexity index is 456. The van der Waals surface area contributed by atoms with E-state index in [1.165, 1.54) is 11.1 Å². The van der Waals surface area contributed by atoms with Gasteiger partial charge in [0.15, 0.2) is 0 Å². The van der Waals surface area contributed by atoms with Crippen LogP contribution in [0.4, 0.5) is 0 Å². The Labute approximate surface area is 114 Å². The summed E-state index contributed by atoms with van der Waals surface area (Å²) in [7, 11) is 0. The first-order valence-corrected chi connectivity index (χ1v) is 7.14. The number of amides is 1. The molecule has 0 spiro atoms. The van der Waals surface area contributed by atoms with Crippen molar-refractivity contribution in [3.05, 3.63) is 35.4 Å². The van der Waals surface area contributed by atoms with E-state index in [4.69, 9.17) is 4.74 Å². The summed E-state index contributed by atoms with van der Waals surface area (Å²) in [5.41, 5.74) is 2.42. The van der Waals surface area contributed by atoms with E-state index in [1.54, 1.807) is 0 Å². The van der Waals surface area contributed by atoms with Crippen molar-refractivity contribution in [2.45, 2.75) is 38.1 Å². The zero-order chi connectivity index (χ0) is 13.3. The number of rotatable bonds is 4. The summed E-state index contributed by atoms with van der Waals surface area (Å²) in [6.07, 6.45) is 3.74. The molecule has 3 heteroatoms. The van der Waals surface area contributed by atoms with Gasteiger partial charge in [-0.1, -0.05) is 29.8 Å². The van der Waals surface area contributed by atoms with Gasteiger partial charge < -0.3 is 10.1 Å². The standard InChI is InChI=1S/C16H21NO2/c1-12-2-4-14(5-3-12)16(7-8-16)17-15(18)10-13-6-9-19-11-13/h2-5,13H,6-11H2,1H3,(H,17,18)/t13-/m0/s1. The molecule has 3 nitrogen and oxygen atoms in total. The summed E-state index contributed by atoms with van der Waals surface area (Å²) in [5, 5.41) is 3.24. The van der Waals surface area contributed by atoms with Gasteiger partial charge in [-0.05, 0) is 37.7 Å². The molecule has 19 heavy (non-hydrogen) atoms. The molecular formula is C16H21NO2. The van der Waals surface area contributed by atoms with Crippen LogP contribution in [0.2, 0.25) is 0 Å². The van der Waals surface area contributed by atoms with E-state index in [9.17, 15) is 4.79 Å². The topological polar surface area (TPSA) is 38.3 Å². The largest absolute Gasteiger partial charge is 0.381 e. The minimum atomic E-state index is -0.0791. The van der Waals surface area contributed by atoms with Crippen molar-refractivity contribution >= 4 is 5.91 Å². The predicted molar refractivity (Wildman–Crippen MR) is 73.8 cm³/mol. The van der Waals surface area contributed by atoms with Gasteiger partial charge >= 0.3 is 0 Å². The zero-order valence-electron chi connectivity index (χ0n) is 11.4. The molecule has 0 unspecified atom stereocenters. The van der Waals surface area contributed by atoms with Gasteiger partial charge in [0, 0.05) is 19.6 Å². The van der Waals surface area contributed by atoms with Crippen LogP contribution in [0.3, 0.4) is 0 Å². The van der Waals surface area contributed by atoms with Gasteiger partial charge in [0.2, 0.25) is 5.91 Å². The number of ether oxygens (including phenoxy) is 1. The minimum Gasteiger partial charge on any atom is -0.381 e. The maximum absolute atomic E-state index is 12.1. The fourth-order valence-corrected chi connectivity index (χ4v) is 2.81. The minimum absolute atomic E-state index is 0.0791. The second kappa shape index (κ2) is 4.97. The Kier molecular flexibility index (Phi) is 3.31. The van der Waals surface area contributed by atoms with Crippen LogP contribution in [-0.2, 0) is 15.1 Å². The number of carbonyl (C=O) groups excluding carboxylic acids is 1. The summed E-state index contributed by atoms with van der Waals surface area (Å²) < 4.78 is 5.32. The van der Waals surface area contributed by atoms with Crippen molar-refractivity contribution < 1.29 is 9.53 Å². The number of carbonyl (C=O) groups is 1. The Balaban J connectivity index is 1.61. The first-order chi connectivity index (χ1) is 9.18. The van der Waals surface area contributed by atoms with Crippen molar-refractivity contribution in [3.63, 3.8) is 0 Å². The molecule has 0 bridgehead atoms. The maximum Gasteiger partial charge on any atom is 0.221 e. The molecule has 2 fully saturated rings. The van der Waals surface area contributed by atoms with E-state index >= 15 is 0 Å². The quantitative estimate of drug-likeness (QED) is 0.902. The lowest BCUT2D eigenvalue weighted by Gasteiger charge is -2.19. The molecule has 1 aliphatic carbocycles. The van der Waals surface area contributed by atoms with Crippen LogP contribution >= 0.6 is 0 Å². The molecule has 1 atom stereocenters. The normalized spacial score (nSPS) is 24.2. The SMILES string of the molecule is Cc1ccc(C2(NC(=O)C[C@@H]3CCOC3)CC2)cc1. The van der Waals surface area contributed by atoms with E-state index in [0.29, 0.717) is 12.3 Å². The summed E-state index contributed by atoms with van der Waals surface area (Å²) in [6, 6.07) is 8.52. The number of hydrogen-bond donors (Lipinski definition) is 1. The first kappa shape index (κ1) is 12.7. The number of benzene rings is 1. The maximum atomic E-state index is 12.1. The summed E-state index contributed by atoms with van der Waals surface area (Å²) in [5.74, 6) is 0.586. The third-order valence-corrected chi connectivity index (χ3v) is 4.23. The molecular weight excluding hydrogens is 238 g/mol. The molecule has 1 aromatic rings. The van der Waals surface area contributed by atoms with Crippen molar-refractivity contribution in [1.29, 1.82) is 0 Å². The lowest BCUT2D eigenvalue weighted by molar-refractivity contribution is -0.123. The molecule has 1 aliphatic heterocycles. The molecule has 2 aliphatic rings. The van der Waals surface area contributed by atoms with Crippen LogP contribution in [0.25, 0.3) is 0 Å². The van der Waals surface area contributed by atoms with Crippen molar-refractivity contribution in [3.8, 4) is 0 Å². The smallest absolute Gasteiger partial charge is 0.221 e. The monoisotopic (exact) mass is 259 g/mol. The lowest BCUT2D eigenvalue weighted by Crippen LogP contribution is -2.35. The van der Waals surface area contributed by atoms with Gasteiger partial charge in [-0.25, -0.2) is 0 Å². The molecule has 1 heterocycles. The number of nitrogens with one attached hydrogen (secondary N) is 1. The van der Waals surface area contributed by atoms with Gasteiger partial charge in [-0.3, -0.25) is 4.79 Å². The van der Waals surface area contributed by atoms with Crippen LogP contribution in [-0.4, -0.2) is 19.1 Å². The second-order valence-electron chi connectivity index (χ2n) is 5.93. The van der Waals surface area contributed by atoms with Crippen LogP contribution in [0.1, 0.15) is 36.8 Å². The number of hydrogen-bond acceptors (Lipinski definition) is 2. The third-order valence-electron chi connectivity index (χ3n) is 4.23. The van der Waals surface area contributed by atoms with Crippen LogP contribution in [0.15, 0.2) is 24.3 Å². The zero-order valence-corrected chi connectivity index (χ0v) is 11.4. The highest BCUT2D eigenvalue weighted by Gasteiger charge is 2.45. The highest BCUT2D eigenvalue weighted by Crippen LogP contribution is 2.45. The molecule has 102 valence electrons. The van der Waals surface area contributed by atoms with E-state index < -0.39 is 0 Å².